The lowest BCUT2D eigenvalue weighted by atomic mass is 10.2. The summed E-state index contributed by atoms with van der Waals surface area (Å²) in [6.45, 7) is 2.05. The maximum absolute atomic E-state index is 12.2. The number of amides is 1. The van der Waals surface area contributed by atoms with Crippen molar-refractivity contribution in [1.82, 2.24) is 0 Å². The second-order valence-electron chi connectivity index (χ2n) is 5.70. The summed E-state index contributed by atoms with van der Waals surface area (Å²) in [4.78, 5) is 24.1. The quantitative estimate of drug-likeness (QED) is 0.762. The summed E-state index contributed by atoms with van der Waals surface area (Å²) < 4.78 is 21.3. The molecule has 0 saturated carbocycles. The molecule has 0 aliphatic carbocycles. The van der Waals surface area contributed by atoms with E-state index in [0.29, 0.717) is 41.2 Å². The second kappa shape index (κ2) is 8.64. The summed E-state index contributed by atoms with van der Waals surface area (Å²) >= 11 is 5.94. The molecule has 8 heteroatoms. The average molecular weight is 392 g/mol. The number of fused-ring (bicyclic) bond motifs is 1. The lowest BCUT2D eigenvalue weighted by molar-refractivity contribution is -0.155. The van der Waals surface area contributed by atoms with Crippen molar-refractivity contribution in [1.29, 1.82) is 0 Å². The molecule has 0 bridgehead atoms. The lowest BCUT2D eigenvalue weighted by Gasteiger charge is -2.19. The molecule has 142 valence electrons. The maximum Gasteiger partial charge on any atom is 0.344 e. The summed E-state index contributed by atoms with van der Waals surface area (Å²) in [6.07, 6.45) is -0.999. The van der Waals surface area contributed by atoms with Crippen LogP contribution in [-0.4, -0.2) is 37.8 Å². The molecule has 1 heterocycles. The standard InChI is InChI=1S/C19H18ClNO6/c1-12(27-18(22)11-26-15-5-3-2-4-14(15)20)19(23)21-13-6-7-16-17(10-13)25-9-8-24-16/h2-7,10,12H,8-9,11H2,1H3,(H,21,23)/t12-/m1/s1. The molecular formula is C19H18ClNO6. The Bertz CT molecular complexity index is 841. The zero-order chi connectivity index (χ0) is 19.2. The smallest absolute Gasteiger partial charge is 0.344 e. The highest BCUT2D eigenvalue weighted by molar-refractivity contribution is 6.32. The number of benzene rings is 2. The van der Waals surface area contributed by atoms with Crippen LogP contribution in [0, 0.1) is 0 Å². The van der Waals surface area contributed by atoms with Gasteiger partial charge in [0.05, 0.1) is 5.02 Å². The Kier molecular flexibility index (Phi) is 6.03. The predicted molar refractivity (Wildman–Crippen MR) is 98.6 cm³/mol. The first-order valence-electron chi connectivity index (χ1n) is 8.30. The van der Waals surface area contributed by atoms with Gasteiger partial charge in [0.1, 0.15) is 19.0 Å². The van der Waals surface area contributed by atoms with Gasteiger partial charge in [0.2, 0.25) is 0 Å². The van der Waals surface area contributed by atoms with E-state index in [1.807, 2.05) is 0 Å². The molecule has 0 saturated heterocycles. The maximum atomic E-state index is 12.2. The Balaban J connectivity index is 1.50. The van der Waals surface area contributed by atoms with Crippen molar-refractivity contribution in [3.63, 3.8) is 0 Å². The number of nitrogens with one attached hydrogen (secondary N) is 1. The monoisotopic (exact) mass is 391 g/mol. The van der Waals surface area contributed by atoms with Crippen LogP contribution in [0.5, 0.6) is 17.2 Å². The zero-order valence-corrected chi connectivity index (χ0v) is 15.3. The van der Waals surface area contributed by atoms with Crippen LogP contribution in [0.25, 0.3) is 0 Å². The van der Waals surface area contributed by atoms with Gasteiger partial charge in [-0.3, -0.25) is 4.79 Å². The van der Waals surface area contributed by atoms with Crippen molar-refractivity contribution in [2.45, 2.75) is 13.0 Å². The topological polar surface area (TPSA) is 83.1 Å². The Labute approximate surface area is 161 Å². The number of para-hydroxylation sites is 1. The van der Waals surface area contributed by atoms with E-state index in [2.05, 4.69) is 5.32 Å². The van der Waals surface area contributed by atoms with Gasteiger partial charge in [-0.15, -0.1) is 0 Å². The zero-order valence-electron chi connectivity index (χ0n) is 14.6. The highest BCUT2D eigenvalue weighted by Crippen LogP contribution is 2.32. The van der Waals surface area contributed by atoms with Gasteiger partial charge < -0.3 is 24.3 Å². The Morgan fingerprint density at radius 1 is 1.15 bits per heavy atom. The lowest BCUT2D eigenvalue weighted by Crippen LogP contribution is -2.31. The first-order valence-corrected chi connectivity index (χ1v) is 8.68. The molecule has 2 aromatic carbocycles. The number of anilines is 1. The number of carbonyl (C=O) groups is 2. The molecule has 0 aromatic heterocycles. The highest BCUT2D eigenvalue weighted by Gasteiger charge is 2.20. The summed E-state index contributed by atoms with van der Waals surface area (Å²) in [5.41, 5.74) is 0.513. The molecule has 27 heavy (non-hydrogen) atoms. The average Bonchev–Trinajstić information content (AvgIpc) is 2.67. The van der Waals surface area contributed by atoms with Crippen molar-refractivity contribution in [2.75, 3.05) is 25.1 Å². The fourth-order valence-corrected chi connectivity index (χ4v) is 2.54. The van der Waals surface area contributed by atoms with Crippen LogP contribution in [0.2, 0.25) is 5.02 Å². The van der Waals surface area contributed by atoms with Crippen molar-refractivity contribution < 1.29 is 28.5 Å². The van der Waals surface area contributed by atoms with E-state index in [1.165, 1.54) is 6.92 Å². The van der Waals surface area contributed by atoms with E-state index in [0.717, 1.165) is 0 Å². The number of carbonyl (C=O) groups excluding carboxylic acids is 2. The minimum Gasteiger partial charge on any atom is -0.486 e. The number of halogens is 1. The molecule has 0 radical (unpaired) electrons. The number of hydrogen-bond donors (Lipinski definition) is 1. The van der Waals surface area contributed by atoms with Gasteiger partial charge in [-0.25, -0.2) is 4.79 Å². The second-order valence-corrected chi connectivity index (χ2v) is 6.11. The van der Waals surface area contributed by atoms with Crippen LogP contribution in [0.3, 0.4) is 0 Å². The van der Waals surface area contributed by atoms with Crippen molar-refractivity contribution >= 4 is 29.2 Å². The van der Waals surface area contributed by atoms with E-state index in [-0.39, 0.29) is 6.61 Å². The molecule has 0 spiro atoms. The first-order chi connectivity index (χ1) is 13.0. The first kappa shape index (κ1) is 18.8. The third-order valence-electron chi connectivity index (χ3n) is 3.67. The molecular weight excluding hydrogens is 374 g/mol. The third kappa shape index (κ3) is 5.04. The van der Waals surface area contributed by atoms with Crippen molar-refractivity contribution in [3.8, 4) is 17.2 Å². The molecule has 3 rings (SSSR count). The summed E-state index contributed by atoms with van der Waals surface area (Å²) in [5.74, 6) is 0.384. The third-order valence-corrected chi connectivity index (χ3v) is 3.98. The Morgan fingerprint density at radius 2 is 1.89 bits per heavy atom. The van der Waals surface area contributed by atoms with Crippen LogP contribution >= 0.6 is 11.6 Å². The number of rotatable bonds is 6. The predicted octanol–water partition coefficient (Wildman–Crippen LogP) is 3.06. The van der Waals surface area contributed by atoms with Gasteiger partial charge in [-0.1, -0.05) is 23.7 Å². The largest absolute Gasteiger partial charge is 0.486 e. The van der Waals surface area contributed by atoms with Crippen molar-refractivity contribution in [3.05, 3.63) is 47.5 Å². The van der Waals surface area contributed by atoms with Crippen molar-refractivity contribution in [2.24, 2.45) is 0 Å². The summed E-state index contributed by atoms with van der Waals surface area (Å²) in [5, 5.41) is 3.05. The summed E-state index contributed by atoms with van der Waals surface area (Å²) in [7, 11) is 0. The SMILES string of the molecule is C[C@@H](OC(=O)COc1ccccc1Cl)C(=O)Nc1ccc2c(c1)OCCO2. The van der Waals surface area contributed by atoms with Crippen LogP contribution in [0.1, 0.15) is 6.92 Å². The molecule has 1 aliphatic rings. The van der Waals surface area contributed by atoms with Gasteiger partial charge >= 0.3 is 5.97 Å². The number of hydrogen-bond acceptors (Lipinski definition) is 6. The molecule has 0 fully saturated rings. The number of esters is 1. The molecule has 1 N–H and O–H groups in total. The minimum atomic E-state index is -0.999. The minimum absolute atomic E-state index is 0.356. The Hall–Kier alpha value is -2.93. The molecule has 7 nitrogen and oxygen atoms in total. The van der Waals surface area contributed by atoms with Crippen LogP contribution < -0.4 is 19.5 Å². The van der Waals surface area contributed by atoms with Gasteiger partial charge in [-0.2, -0.15) is 0 Å². The molecule has 0 unspecified atom stereocenters. The Morgan fingerprint density at radius 3 is 2.67 bits per heavy atom. The molecule has 1 atom stereocenters. The molecule has 1 aliphatic heterocycles. The van der Waals surface area contributed by atoms with Crippen LogP contribution in [0.15, 0.2) is 42.5 Å². The fraction of sp³-hybridized carbons (Fsp3) is 0.263. The van der Waals surface area contributed by atoms with Crippen LogP contribution in [0.4, 0.5) is 5.69 Å². The van der Waals surface area contributed by atoms with Gasteiger partial charge in [-0.05, 0) is 31.2 Å². The normalized spacial score (nSPS) is 13.4. The van der Waals surface area contributed by atoms with E-state index < -0.39 is 18.0 Å². The van der Waals surface area contributed by atoms with E-state index in [1.54, 1.807) is 42.5 Å². The van der Waals surface area contributed by atoms with Gasteiger partial charge in [0, 0.05) is 11.8 Å². The van der Waals surface area contributed by atoms with Gasteiger partial charge in [0.25, 0.3) is 5.91 Å². The molecule has 2 aromatic rings. The van der Waals surface area contributed by atoms with E-state index >= 15 is 0 Å². The fourth-order valence-electron chi connectivity index (χ4n) is 2.35. The van der Waals surface area contributed by atoms with Crippen LogP contribution in [-0.2, 0) is 14.3 Å². The highest BCUT2D eigenvalue weighted by atomic mass is 35.5. The number of ether oxygens (including phenoxy) is 4. The summed E-state index contributed by atoms with van der Waals surface area (Å²) in [6, 6.07) is 11.8. The molecule has 1 amide bonds. The van der Waals surface area contributed by atoms with E-state index in [4.69, 9.17) is 30.5 Å². The van der Waals surface area contributed by atoms with Gasteiger partial charge in [0.15, 0.2) is 24.2 Å². The van der Waals surface area contributed by atoms with E-state index in [9.17, 15) is 9.59 Å².